The summed E-state index contributed by atoms with van der Waals surface area (Å²) in [6.07, 6.45) is 2.29. The summed E-state index contributed by atoms with van der Waals surface area (Å²) in [5.41, 5.74) is 4.54. The summed E-state index contributed by atoms with van der Waals surface area (Å²) in [5, 5.41) is 5.23. The Bertz CT molecular complexity index is 753. The Hall–Kier alpha value is -1.81. The van der Waals surface area contributed by atoms with Crippen LogP contribution in [0.2, 0.25) is 5.02 Å². The second-order valence-corrected chi connectivity index (χ2v) is 7.03. The molecule has 1 atom stereocenters. The number of hydrogen-bond donors (Lipinski definition) is 0. The van der Waals surface area contributed by atoms with E-state index >= 15 is 0 Å². The van der Waals surface area contributed by atoms with Gasteiger partial charge in [-0.05, 0) is 43.9 Å². The van der Waals surface area contributed by atoms with Crippen molar-refractivity contribution < 1.29 is 4.79 Å². The third-order valence-electron chi connectivity index (χ3n) is 5.13. The minimum atomic E-state index is 0.229. The molecule has 1 unspecified atom stereocenters. The van der Waals surface area contributed by atoms with Gasteiger partial charge in [0.25, 0.3) is 0 Å². The fourth-order valence-corrected chi connectivity index (χ4v) is 3.91. The van der Waals surface area contributed by atoms with Crippen molar-refractivity contribution >= 4 is 17.5 Å². The molecule has 0 aliphatic carbocycles. The number of aryl methyl sites for hydroxylation is 2. The average Bonchev–Trinajstić information content (AvgIpc) is 3.12. The van der Waals surface area contributed by atoms with Crippen molar-refractivity contribution in [2.75, 3.05) is 13.1 Å². The molecule has 3 rings (SSSR count). The predicted octanol–water partition coefficient (Wildman–Crippen LogP) is 3.64. The summed E-state index contributed by atoms with van der Waals surface area (Å²) in [6.45, 7) is 5.66. The van der Waals surface area contributed by atoms with Gasteiger partial charge in [0.05, 0.1) is 5.69 Å². The van der Waals surface area contributed by atoms with Crippen molar-refractivity contribution in [3.05, 3.63) is 51.8 Å². The molecular formula is C19H24ClN3O. The van der Waals surface area contributed by atoms with Gasteiger partial charge in [0.1, 0.15) is 0 Å². The zero-order valence-corrected chi connectivity index (χ0v) is 15.3. The number of carbonyl (C=O) groups is 1. The van der Waals surface area contributed by atoms with E-state index in [1.54, 1.807) is 0 Å². The first-order valence-corrected chi connectivity index (χ1v) is 8.86. The molecule has 1 aliphatic heterocycles. The maximum atomic E-state index is 12.6. The van der Waals surface area contributed by atoms with Gasteiger partial charge < -0.3 is 4.90 Å². The summed E-state index contributed by atoms with van der Waals surface area (Å²) in [6, 6.07) is 7.96. The maximum Gasteiger partial charge on any atom is 0.222 e. The third kappa shape index (κ3) is 3.34. The van der Waals surface area contributed by atoms with Gasteiger partial charge in [-0.15, -0.1) is 0 Å². The van der Waals surface area contributed by atoms with Gasteiger partial charge in [-0.1, -0.05) is 29.8 Å². The third-order valence-corrected chi connectivity index (χ3v) is 5.48. The van der Waals surface area contributed by atoms with E-state index in [9.17, 15) is 4.79 Å². The van der Waals surface area contributed by atoms with Crippen LogP contribution in [0, 0.1) is 13.8 Å². The molecule has 0 N–H and O–H groups in total. The van der Waals surface area contributed by atoms with Crippen LogP contribution in [-0.2, 0) is 18.3 Å². The topological polar surface area (TPSA) is 38.1 Å². The van der Waals surface area contributed by atoms with Crippen LogP contribution in [-0.4, -0.2) is 33.7 Å². The van der Waals surface area contributed by atoms with E-state index in [0.717, 1.165) is 47.9 Å². The SMILES string of the molecule is Cc1nn(C)c(C)c1CCC(=O)N1CCC(c2ccccc2Cl)C1. The smallest absolute Gasteiger partial charge is 0.222 e. The molecule has 1 aliphatic rings. The number of hydrogen-bond acceptors (Lipinski definition) is 2. The van der Waals surface area contributed by atoms with Gasteiger partial charge in [-0.2, -0.15) is 5.10 Å². The highest BCUT2D eigenvalue weighted by atomic mass is 35.5. The molecule has 2 aromatic rings. The van der Waals surface area contributed by atoms with Crippen molar-refractivity contribution in [1.82, 2.24) is 14.7 Å². The monoisotopic (exact) mass is 345 g/mol. The van der Waals surface area contributed by atoms with E-state index in [4.69, 9.17) is 11.6 Å². The van der Waals surface area contributed by atoms with Gasteiger partial charge >= 0.3 is 0 Å². The van der Waals surface area contributed by atoms with Gasteiger partial charge in [-0.3, -0.25) is 9.48 Å². The summed E-state index contributed by atoms with van der Waals surface area (Å²) < 4.78 is 1.89. The Kier molecular flexibility index (Phi) is 4.95. The molecule has 0 bridgehead atoms. The van der Waals surface area contributed by atoms with Gasteiger partial charge in [0, 0.05) is 43.2 Å². The molecule has 1 saturated heterocycles. The predicted molar refractivity (Wildman–Crippen MR) is 96.4 cm³/mol. The highest BCUT2D eigenvalue weighted by Crippen LogP contribution is 2.32. The Morgan fingerprint density at radius 1 is 1.33 bits per heavy atom. The van der Waals surface area contributed by atoms with Gasteiger partial charge in [-0.25, -0.2) is 0 Å². The lowest BCUT2D eigenvalue weighted by Gasteiger charge is -2.17. The summed E-state index contributed by atoms with van der Waals surface area (Å²) >= 11 is 6.30. The first-order valence-electron chi connectivity index (χ1n) is 8.48. The quantitative estimate of drug-likeness (QED) is 0.848. The first-order chi connectivity index (χ1) is 11.5. The fourth-order valence-electron chi connectivity index (χ4n) is 3.62. The van der Waals surface area contributed by atoms with Gasteiger partial charge in [0.2, 0.25) is 5.91 Å². The highest BCUT2D eigenvalue weighted by molar-refractivity contribution is 6.31. The zero-order valence-electron chi connectivity index (χ0n) is 14.6. The average molecular weight is 346 g/mol. The van der Waals surface area contributed by atoms with Crippen molar-refractivity contribution in [1.29, 1.82) is 0 Å². The van der Waals surface area contributed by atoms with Crippen LogP contribution < -0.4 is 0 Å². The van der Waals surface area contributed by atoms with Crippen LogP contribution in [0.3, 0.4) is 0 Å². The van der Waals surface area contributed by atoms with E-state index in [1.807, 2.05) is 41.8 Å². The molecule has 1 aromatic carbocycles. The molecule has 0 spiro atoms. The number of nitrogens with zero attached hydrogens (tertiary/aromatic N) is 3. The number of halogens is 1. The van der Waals surface area contributed by atoms with Crippen molar-refractivity contribution in [2.45, 2.75) is 39.0 Å². The van der Waals surface area contributed by atoms with Crippen LogP contribution in [0.4, 0.5) is 0 Å². The molecule has 1 aromatic heterocycles. The van der Waals surface area contributed by atoms with E-state index in [-0.39, 0.29) is 5.91 Å². The lowest BCUT2D eigenvalue weighted by atomic mass is 9.98. The molecule has 1 amide bonds. The number of carbonyl (C=O) groups excluding carboxylic acids is 1. The Morgan fingerprint density at radius 3 is 2.75 bits per heavy atom. The summed E-state index contributed by atoms with van der Waals surface area (Å²) in [4.78, 5) is 14.6. The summed E-state index contributed by atoms with van der Waals surface area (Å²) in [7, 11) is 1.95. The molecule has 2 heterocycles. The zero-order chi connectivity index (χ0) is 17.3. The fraction of sp³-hybridized carbons (Fsp3) is 0.474. The molecule has 5 heteroatoms. The number of amides is 1. The molecule has 4 nitrogen and oxygen atoms in total. The maximum absolute atomic E-state index is 12.6. The minimum Gasteiger partial charge on any atom is -0.342 e. The van der Waals surface area contributed by atoms with Crippen molar-refractivity contribution in [2.24, 2.45) is 7.05 Å². The lowest BCUT2D eigenvalue weighted by molar-refractivity contribution is -0.130. The number of aromatic nitrogens is 2. The lowest BCUT2D eigenvalue weighted by Crippen LogP contribution is -2.28. The Balaban J connectivity index is 1.60. The molecule has 0 radical (unpaired) electrons. The first kappa shape index (κ1) is 17.0. The van der Waals surface area contributed by atoms with Crippen molar-refractivity contribution in [3.63, 3.8) is 0 Å². The molecule has 1 fully saturated rings. The van der Waals surface area contributed by atoms with Gasteiger partial charge in [0.15, 0.2) is 0 Å². The van der Waals surface area contributed by atoms with E-state index in [2.05, 4.69) is 18.1 Å². The normalized spacial score (nSPS) is 17.5. The van der Waals surface area contributed by atoms with Crippen LogP contribution in [0.5, 0.6) is 0 Å². The molecule has 0 saturated carbocycles. The molecular weight excluding hydrogens is 322 g/mol. The number of benzene rings is 1. The van der Waals surface area contributed by atoms with E-state index in [1.165, 1.54) is 5.56 Å². The molecule has 24 heavy (non-hydrogen) atoms. The van der Waals surface area contributed by atoms with E-state index in [0.29, 0.717) is 12.3 Å². The standard InChI is InChI=1S/C19H24ClN3O/c1-13-16(14(2)22(3)21-13)8-9-19(24)23-11-10-15(12-23)17-6-4-5-7-18(17)20/h4-7,15H,8-12H2,1-3H3. The van der Waals surface area contributed by atoms with E-state index < -0.39 is 0 Å². The van der Waals surface area contributed by atoms with Crippen LogP contribution in [0.1, 0.15) is 41.3 Å². The second kappa shape index (κ2) is 6.98. The molecule has 128 valence electrons. The van der Waals surface area contributed by atoms with Crippen LogP contribution in [0.25, 0.3) is 0 Å². The number of rotatable bonds is 4. The second-order valence-electron chi connectivity index (χ2n) is 6.62. The highest BCUT2D eigenvalue weighted by Gasteiger charge is 2.28. The minimum absolute atomic E-state index is 0.229. The Labute approximate surface area is 148 Å². The van der Waals surface area contributed by atoms with Crippen LogP contribution in [0.15, 0.2) is 24.3 Å². The summed E-state index contributed by atoms with van der Waals surface area (Å²) in [5.74, 6) is 0.580. The Morgan fingerprint density at radius 2 is 2.08 bits per heavy atom. The largest absolute Gasteiger partial charge is 0.342 e. The van der Waals surface area contributed by atoms with Crippen LogP contribution >= 0.6 is 11.6 Å². The number of likely N-dealkylation sites (tertiary alicyclic amines) is 1. The van der Waals surface area contributed by atoms with Crippen molar-refractivity contribution in [3.8, 4) is 0 Å².